The van der Waals surface area contributed by atoms with E-state index in [1.54, 1.807) is 0 Å². The molecule has 1 atom stereocenters. The molecule has 0 aliphatic carbocycles. The van der Waals surface area contributed by atoms with E-state index in [1.807, 2.05) is 42.5 Å². The maximum absolute atomic E-state index is 12.5. The summed E-state index contributed by atoms with van der Waals surface area (Å²) in [6.07, 6.45) is 5.14. The zero-order valence-corrected chi connectivity index (χ0v) is 16.2. The lowest BCUT2D eigenvalue weighted by atomic mass is 9.99. The van der Waals surface area contributed by atoms with Crippen molar-refractivity contribution in [1.29, 1.82) is 0 Å². The lowest BCUT2D eigenvalue weighted by Crippen LogP contribution is -2.43. The average molecular weight is 367 g/mol. The second-order valence-corrected chi connectivity index (χ2v) is 7.12. The molecule has 1 aliphatic rings. The van der Waals surface area contributed by atoms with E-state index in [4.69, 9.17) is 4.74 Å². The van der Waals surface area contributed by atoms with Gasteiger partial charge in [0.05, 0.1) is 0 Å². The Kier molecular flexibility index (Phi) is 7.14. The first-order valence-electron chi connectivity index (χ1n) is 10.1. The summed E-state index contributed by atoms with van der Waals surface area (Å²) in [7, 11) is 0. The number of piperidine rings is 1. The molecule has 1 heterocycles. The van der Waals surface area contributed by atoms with Gasteiger partial charge in [0.15, 0.2) is 0 Å². The molecular weight excluding hydrogens is 336 g/mol. The molecule has 0 radical (unpaired) electrons. The molecule has 0 bridgehead atoms. The lowest BCUT2D eigenvalue weighted by Gasteiger charge is -2.35. The molecule has 1 amide bonds. The second-order valence-electron chi connectivity index (χ2n) is 7.12. The predicted molar refractivity (Wildman–Crippen MR) is 110 cm³/mol. The maximum Gasteiger partial charge on any atom is 0.224 e. The molecule has 2 aromatic rings. The Morgan fingerprint density at radius 1 is 1.11 bits per heavy atom. The van der Waals surface area contributed by atoms with Crippen molar-refractivity contribution in [3.63, 3.8) is 0 Å². The Labute approximate surface area is 162 Å². The average Bonchev–Trinajstić information content (AvgIpc) is 2.73. The number of nitrogens with zero attached hydrogens (tertiary/aromatic N) is 1. The Morgan fingerprint density at radius 3 is 2.63 bits per heavy atom. The van der Waals surface area contributed by atoms with Crippen LogP contribution in [-0.2, 0) is 11.4 Å². The van der Waals surface area contributed by atoms with Gasteiger partial charge in [-0.2, -0.15) is 0 Å². The van der Waals surface area contributed by atoms with E-state index in [-0.39, 0.29) is 5.91 Å². The van der Waals surface area contributed by atoms with E-state index in [0.717, 1.165) is 42.8 Å². The number of amides is 1. The van der Waals surface area contributed by atoms with Crippen LogP contribution in [0.1, 0.15) is 44.6 Å². The molecule has 4 nitrogen and oxygen atoms in total. The van der Waals surface area contributed by atoms with Crippen LogP contribution in [0.2, 0.25) is 0 Å². The number of ether oxygens (including phenoxy) is 1. The minimum absolute atomic E-state index is 0.275. The van der Waals surface area contributed by atoms with E-state index in [9.17, 15) is 4.79 Å². The third-order valence-corrected chi connectivity index (χ3v) is 5.19. The maximum atomic E-state index is 12.5. The van der Waals surface area contributed by atoms with E-state index >= 15 is 0 Å². The Bertz CT molecular complexity index is 700. The van der Waals surface area contributed by atoms with Gasteiger partial charge < -0.3 is 15.0 Å². The summed E-state index contributed by atoms with van der Waals surface area (Å²) in [5.74, 6) is 1.12. The minimum Gasteiger partial charge on any atom is -0.489 e. The van der Waals surface area contributed by atoms with Gasteiger partial charge in [-0.05, 0) is 55.5 Å². The smallest absolute Gasteiger partial charge is 0.224 e. The van der Waals surface area contributed by atoms with Gasteiger partial charge in [0.25, 0.3) is 0 Å². The third-order valence-electron chi connectivity index (χ3n) is 5.19. The lowest BCUT2D eigenvalue weighted by molar-refractivity contribution is -0.134. The summed E-state index contributed by atoms with van der Waals surface area (Å²) in [4.78, 5) is 14.6. The number of hydrogen-bond donors (Lipinski definition) is 1. The molecule has 4 heteroatoms. The molecule has 0 spiro atoms. The highest BCUT2D eigenvalue weighted by atomic mass is 16.5. The van der Waals surface area contributed by atoms with E-state index < -0.39 is 0 Å². The van der Waals surface area contributed by atoms with Crippen LogP contribution in [0.4, 0.5) is 5.69 Å². The van der Waals surface area contributed by atoms with Gasteiger partial charge in [-0.3, -0.25) is 4.79 Å². The summed E-state index contributed by atoms with van der Waals surface area (Å²) in [5.41, 5.74) is 2.17. The van der Waals surface area contributed by atoms with Crippen LogP contribution < -0.4 is 10.1 Å². The van der Waals surface area contributed by atoms with Crippen LogP contribution in [0.5, 0.6) is 5.75 Å². The van der Waals surface area contributed by atoms with Gasteiger partial charge in [-0.25, -0.2) is 0 Å². The van der Waals surface area contributed by atoms with Crippen molar-refractivity contribution in [3.8, 4) is 5.75 Å². The zero-order chi connectivity index (χ0) is 18.9. The van der Waals surface area contributed by atoms with Gasteiger partial charge >= 0.3 is 0 Å². The van der Waals surface area contributed by atoms with E-state index in [1.165, 1.54) is 6.42 Å². The molecule has 1 N–H and O–H groups in total. The van der Waals surface area contributed by atoms with Crippen molar-refractivity contribution in [3.05, 3.63) is 60.2 Å². The SMILES string of the molecule is CCC1CCCCN1C(=O)CCNc1ccc(OCc2ccccc2)cc1. The summed E-state index contributed by atoms with van der Waals surface area (Å²) in [5, 5.41) is 3.35. The molecule has 2 aromatic carbocycles. The molecular formula is C23H30N2O2. The number of carbonyl (C=O) groups is 1. The molecule has 0 saturated carbocycles. The van der Waals surface area contributed by atoms with Gasteiger partial charge in [0, 0.05) is 31.2 Å². The molecule has 0 aromatic heterocycles. The molecule has 3 rings (SSSR count). The first-order valence-corrected chi connectivity index (χ1v) is 10.1. The summed E-state index contributed by atoms with van der Waals surface area (Å²) in [6, 6.07) is 18.5. The molecule has 1 aliphatic heterocycles. The Hall–Kier alpha value is -2.49. The van der Waals surface area contributed by atoms with Crippen LogP contribution >= 0.6 is 0 Å². The van der Waals surface area contributed by atoms with Crippen molar-refractivity contribution in [2.24, 2.45) is 0 Å². The fourth-order valence-corrected chi connectivity index (χ4v) is 3.62. The van der Waals surface area contributed by atoms with Crippen LogP contribution in [-0.4, -0.2) is 29.9 Å². The molecule has 144 valence electrons. The first-order chi connectivity index (χ1) is 13.3. The quantitative estimate of drug-likeness (QED) is 0.725. The number of anilines is 1. The van der Waals surface area contributed by atoms with Gasteiger partial charge in [-0.1, -0.05) is 37.3 Å². The van der Waals surface area contributed by atoms with Crippen molar-refractivity contribution in [1.82, 2.24) is 4.90 Å². The van der Waals surface area contributed by atoms with Gasteiger partial charge in [0.2, 0.25) is 5.91 Å². The normalized spacial score (nSPS) is 16.8. The third kappa shape index (κ3) is 5.75. The molecule has 27 heavy (non-hydrogen) atoms. The van der Waals surface area contributed by atoms with E-state index in [2.05, 4.69) is 29.3 Å². The number of benzene rings is 2. The van der Waals surface area contributed by atoms with Crippen molar-refractivity contribution < 1.29 is 9.53 Å². The summed E-state index contributed by atoms with van der Waals surface area (Å²) in [6.45, 7) is 4.33. The summed E-state index contributed by atoms with van der Waals surface area (Å²) >= 11 is 0. The fourth-order valence-electron chi connectivity index (χ4n) is 3.62. The van der Waals surface area contributed by atoms with Crippen molar-refractivity contribution in [2.45, 2.75) is 51.7 Å². The van der Waals surface area contributed by atoms with Crippen LogP contribution in [0.3, 0.4) is 0 Å². The first kappa shape index (κ1) is 19.3. The predicted octanol–water partition coefficient (Wildman–Crippen LogP) is 4.86. The zero-order valence-electron chi connectivity index (χ0n) is 16.2. The topological polar surface area (TPSA) is 41.6 Å². The largest absolute Gasteiger partial charge is 0.489 e. The van der Waals surface area contributed by atoms with Gasteiger partial charge in [-0.15, -0.1) is 0 Å². The molecule has 1 fully saturated rings. The molecule has 1 saturated heterocycles. The van der Waals surface area contributed by atoms with Crippen LogP contribution in [0, 0.1) is 0 Å². The van der Waals surface area contributed by atoms with E-state index in [0.29, 0.717) is 25.6 Å². The number of carbonyl (C=O) groups excluding carboxylic acids is 1. The highest BCUT2D eigenvalue weighted by molar-refractivity contribution is 5.77. The molecule has 1 unspecified atom stereocenters. The van der Waals surface area contributed by atoms with Crippen LogP contribution in [0.15, 0.2) is 54.6 Å². The highest BCUT2D eigenvalue weighted by Gasteiger charge is 2.24. The monoisotopic (exact) mass is 366 g/mol. The number of nitrogens with one attached hydrogen (secondary N) is 1. The standard InChI is InChI=1S/C23H30N2O2/c1-2-21-10-6-7-17-25(21)23(26)15-16-24-20-11-13-22(14-12-20)27-18-19-8-4-3-5-9-19/h3-5,8-9,11-14,21,24H,2,6-7,10,15-18H2,1H3. The second kappa shape index (κ2) is 10.0. The van der Waals surface area contributed by atoms with Gasteiger partial charge in [0.1, 0.15) is 12.4 Å². The Morgan fingerprint density at radius 2 is 1.89 bits per heavy atom. The number of likely N-dealkylation sites (tertiary alicyclic amines) is 1. The van der Waals surface area contributed by atoms with Crippen molar-refractivity contribution >= 4 is 11.6 Å². The number of hydrogen-bond acceptors (Lipinski definition) is 3. The minimum atomic E-state index is 0.275. The van der Waals surface area contributed by atoms with Crippen LogP contribution in [0.25, 0.3) is 0 Å². The fraction of sp³-hybridized carbons (Fsp3) is 0.435. The van der Waals surface area contributed by atoms with Crippen molar-refractivity contribution in [2.75, 3.05) is 18.4 Å². The summed E-state index contributed by atoms with van der Waals surface area (Å²) < 4.78 is 5.80. The number of rotatable bonds is 8. The highest BCUT2D eigenvalue weighted by Crippen LogP contribution is 2.21. The Balaban J connectivity index is 1.41.